The van der Waals surface area contributed by atoms with Gasteiger partial charge in [0.1, 0.15) is 11.2 Å². The normalized spacial score (nSPS) is 17.2. The molecule has 1 atom stereocenters. The van der Waals surface area contributed by atoms with Crippen LogP contribution in [0, 0.1) is 0 Å². The minimum atomic E-state index is -1.19. The highest BCUT2D eigenvalue weighted by Crippen LogP contribution is 2.28. The first kappa shape index (κ1) is 23.2. The van der Waals surface area contributed by atoms with Crippen molar-refractivity contribution in [1.29, 1.82) is 0 Å². The number of fused-ring (bicyclic) bond motifs is 1. The van der Waals surface area contributed by atoms with Gasteiger partial charge in [-0.1, -0.05) is 60.7 Å². The molecule has 176 valence electrons. The van der Waals surface area contributed by atoms with Crippen LogP contribution in [0.15, 0.2) is 66.7 Å². The van der Waals surface area contributed by atoms with Crippen LogP contribution in [0.2, 0.25) is 0 Å². The molecule has 1 aromatic heterocycles. The predicted octanol–water partition coefficient (Wildman–Crippen LogP) is 2.83. The van der Waals surface area contributed by atoms with Crippen molar-refractivity contribution in [3.8, 4) is 0 Å². The van der Waals surface area contributed by atoms with Crippen molar-refractivity contribution in [2.75, 3.05) is 13.2 Å². The van der Waals surface area contributed by atoms with Gasteiger partial charge in [-0.25, -0.2) is 4.79 Å². The Balaban J connectivity index is 1.62. The summed E-state index contributed by atoms with van der Waals surface area (Å²) in [6.07, 6.45) is 0.590. The van der Waals surface area contributed by atoms with E-state index in [0.29, 0.717) is 19.5 Å². The molecule has 4 rings (SSSR count). The molecule has 0 aliphatic carbocycles. The van der Waals surface area contributed by atoms with Crippen LogP contribution in [-0.4, -0.2) is 51.2 Å². The van der Waals surface area contributed by atoms with Gasteiger partial charge < -0.3 is 15.0 Å². The van der Waals surface area contributed by atoms with Gasteiger partial charge in [-0.2, -0.15) is 5.10 Å². The summed E-state index contributed by atoms with van der Waals surface area (Å²) in [5.41, 5.74) is 1.16. The Kier molecular flexibility index (Phi) is 6.77. The lowest BCUT2D eigenvalue weighted by molar-refractivity contribution is -0.133. The van der Waals surface area contributed by atoms with Crippen molar-refractivity contribution < 1.29 is 19.1 Å². The van der Waals surface area contributed by atoms with Crippen LogP contribution in [0.3, 0.4) is 0 Å². The molecule has 0 radical (unpaired) electrons. The summed E-state index contributed by atoms with van der Waals surface area (Å²) in [5, 5.41) is 7.26. The van der Waals surface area contributed by atoms with Gasteiger partial charge in [0.15, 0.2) is 5.69 Å². The Morgan fingerprint density at radius 3 is 2.35 bits per heavy atom. The number of hydrogen-bond acceptors (Lipinski definition) is 5. The maximum atomic E-state index is 13.6. The van der Waals surface area contributed by atoms with E-state index >= 15 is 0 Å². The Bertz CT molecular complexity index is 1180. The minimum Gasteiger partial charge on any atom is -0.461 e. The molecule has 2 heterocycles. The van der Waals surface area contributed by atoms with Crippen LogP contribution < -0.4 is 5.32 Å². The van der Waals surface area contributed by atoms with Crippen LogP contribution in [0.5, 0.6) is 0 Å². The molecule has 34 heavy (non-hydrogen) atoms. The summed E-state index contributed by atoms with van der Waals surface area (Å²) in [7, 11) is 0. The monoisotopic (exact) mass is 460 g/mol. The third-order valence-electron chi connectivity index (χ3n) is 6.03. The largest absolute Gasteiger partial charge is 0.461 e. The van der Waals surface area contributed by atoms with E-state index in [2.05, 4.69) is 10.4 Å². The molecule has 1 N–H and O–H groups in total. The fourth-order valence-corrected chi connectivity index (χ4v) is 4.15. The Labute approximate surface area is 198 Å². The summed E-state index contributed by atoms with van der Waals surface area (Å²) in [4.78, 5) is 40.8. The average Bonchev–Trinajstić information content (AvgIpc) is 3.28. The Hall–Kier alpha value is -3.94. The summed E-state index contributed by atoms with van der Waals surface area (Å²) < 4.78 is 6.48. The smallest absolute Gasteiger partial charge is 0.358 e. The quantitative estimate of drug-likeness (QED) is 0.522. The number of amides is 2. The third-order valence-corrected chi connectivity index (χ3v) is 6.03. The Morgan fingerprint density at radius 1 is 1.06 bits per heavy atom. The lowest BCUT2D eigenvalue weighted by Gasteiger charge is -2.43. The van der Waals surface area contributed by atoms with E-state index < -0.39 is 11.5 Å². The molecule has 1 aliphatic heterocycles. The van der Waals surface area contributed by atoms with Gasteiger partial charge in [-0.15, -0.1) is 0 Å². The third kappa shape index (κ3) is 4.71. The van der Waals surface area contributed by atoms with E-state index in [4.69, 9.17) is 4.74 Å². The summed E-state index contributed by atoms with van der Waals surface area (Å²) in [6, 6.07) is 20.8. The molecule has 1 aliphatic rings. The number of benzene rings is 2. The first-order valence-corrected chi connectivity index (χ1v) is 11.4. The second-order valence-corrected chi connectivity index (χ2v) is 8.43. The molecule has 0 fully saturated rings. The van der Waals surface area contributed by atoms with Gasteiger partial charge in [0.05, 0.1) is 13.2 Å². The van der Waals surface area contributed by atoms with Crippen LogP contribution in [0.25, 0.3) is 0 Å². The number of esters is 1. The number of aromatic nitrogens is 2. The molecule has 8 heteroatoms. The van der Waals surface area contributed by atoms with Crippen molar-refractivity contribution in [3.63, 3.8) is 0 Å². The molecule has 8 nitrogen and oxygen atoms in total. The molecule has 0 spiro atoms. The van der Waals surface area contributed by atoms with Crippen molar-refractivity contribution in [3.05, 3.63) is 89.2 Å². The number of rotatable bonds is 8. The van der Waals surface area contributed by atoms with Crippen LogP contribution in [-0.2, 0) is 29.0 Å². The van der Waals surface area contributed by atoms with Gasteiger partial charge >= 0.3 is 5.97 Å². The molecular formula is C26H28N4O4. The molecule has 0 bridgehead atoms. The summed E-state index contributed by atoms with van der Waals surface area (Å²) >= 11 is 0. The van der Waals surface area contributed by atoms with Gasteiger partial charge in [-0.3, -0.25) is 14.3 Å². The molecule has 2 aromatic carbocycles. The summed E-state index contributed by atoms with van der Waals surface area (Å²) in [6.45, 7) is 4.47. The zero-order chi connectivity index (χ0) is 24.1. The highest BCUT2D eigenvalue weighted by molar-refractivity contribution is 6.01. The van der Waals surface area contributed by atoms with E-state index in [1.165, 1.54) is 10.7 Å². The standard InChI is InChI=1S/C26H28N4O4/c1-3-34-24(32)21-16-22-23(31)29(15-14-19-10-6-4-7-11-19)26(2,18-30(22)28-21)25(33)27-17-20-12-8-5-9-13-20/h4-13,16H,3,14-15,17-18H2,1-2H3,(H,27,33). The molecule has 1 unspecified atom stereocenters. The van der Waals surface area contributed by atoms with Crippen LogP contribution >= 0.6 is 0 Å². The topological polar surface area (TPSA) is 93.5 Å². The fraction of sp³-hybridized carbons (Fsp3) is 0.308. The molecule has 0 saturated heterocycles. The van der Waals surface area contributed by atoms with E-state index in [9.17, 15) is 14.4 Å². The number of nitrogens with zero attached hydrogens (tertiary/aromatic N) is 3. The lowest BCUT2D eigenvalue weighted by atomic mass is 9.94. The molecular weight excluding hydrogens is 432 g/mol. The van der Waals surface area contributed by atoms with E-state index in [0.717, 1.165) is 11.1 Å². The van der Waals surface area contributed by atoms with E-state index in [1.807, 2.05) is 60.7 Å². The number of ether oxygens (including phenoxy) is 1. The second kappa shape index (κ2) is 9.91. The Morgan fingerprint density at radius 2 is 1.71 bits per heavy atom. The maximum Gasteiger partial charge on any atom is 0.358 e. The van der Waals surface area contributed by atoms with Crippen molar-refractivity contribution >= 4 is 17.8 Å². The molecule has 2 amide bonds. The fourth-order valence-electron chi connectivity index (χ4n) is 4.15. The first-order chi connectivity index (χ1) is 16.4. The average molecular weight is 461 g/mol. The molecule has 0 saturated carbocycles. The van der Waals surface area contributed by atoms with Crippen molar-refractivity contribution in [2.24, 2.45) is 0 Å². The predicted molar refractivity (Wildman–Crippen MR) is 126 cm³/mol. The van der Waals surface area contributed by atoms with Crippen LogP contribution in [0.4, 0.5) is 0 Å². The zero-order valence-electron chi connectivity index (χ0n) is 19.4. The zero-order valence-corrected chi connectivity index (χ0v) is 19.4. The van der Waals surface area contributed by atoms with Gasteiger partial charge in [0.25, 0.3) is 5.91 Å². The van der Waals surface area contributed by atoms with Crippen LogP contribution in [0.1, 0.15) is 46.0 Å². The minimum absolute atomic E-state index is 0.0575. The van der Waals surface area contributed by atoms with Gasteiger partial charge in [0.2, 0.25) is 5.91 Å². The van der Waals surface area contributed by atoms with Crippen molar-refractivity contribution in [1.82, 2.24) is 20.0 Å². The number of carbonyl (C=O) groups excluding carboxylic acids is 3. The second-order valence-electron chi connectivity index (χ2n) is 8.43. The first-order valence-electron chi connectivity index (χ1n) is 11.4. The van der Waals surface area contributed by atoms with E-state index in [1.54, 1.807) is 18.7 Å². The highest BCUT2D eigenvalue weighted by Gasteiger charge is 2.48. The number of hydrogen-bond donors (Lipinski definition) is 1. The molecule has 3 aromatic rings. The van der Waals surface area contributed by atoms with Gasteiger partial charge in [0, 0.05) is 19.2 Å². The number of nitrogens with one attached hydrogen (secondary N) is 1. The van der Waals surface area contributed by atoms with E-state index in [-0.39, 0.29) is 36.4 Å². The number of carbonyl (C=O) groups is 3. The lowest BCUT2D eigenvalue weighted by Crippen LogP contribution is -2.64. The van der Waals surface area contributed by atoms with Crippen molar-refractivity contribution in [2.45, 2.75) is 38.9 Å². The maximum absolute atomic E-state index is 13.6. The summed E-state index contributed by atoms with van der Waals surface area (Å²) in [5.74, 6) is -1.22. The van der Waals surface area contributed by atoms with Gasteiger partial charge in [-0.05, 0) is 31.4 Å². The highest BCUT2D eigenvalue weighted by atomic mass is 16.5. The SMILES string of the molecule is CCOC(=O)c1cc2n(n1)CC(C)(C(=O)NCc1ccccc1)N(CCc1ccccc1)C2=O.